The van der Waals surface area contributed by atoms with Gasteiger partial charge in [0.15, 0.2) is 5.69 Å². The predicted octanol–water partition coefficient (Wildman–Crippen LogP) is 4.93. The molecule has 212 valence electrons. The van der Waals surface area contributed by atoms with Crippen LogP contribution in [0.25, 0.3) is 11.3 Å². The number of piperazine rings is 1. The summed E-state index contributed by atoms with van der Waals surface area (Å²) in [6, 6.07) is 20.1. The lowest BCUT2D eigenvalue weighted by Crippen LogP contribution is -2.62. The zero-order chi connectivity index (χ0) is 25.9. The van der Waals surface area contributed by atoms with Crippen molar-refractivity contribution in [3.05, 3.63) is 78.2 Å². The summed E-state index contributed by atoms with van der Waals surface area (Å²) in [5.41, 5.74) is 1.94. The topological polar surface area (TPSA) is 79.6 Å². The average Bonchev–Trinajstić information content (AvgIpc) is 3.34. The molecule has 0 bridgehead atoms. The van der Waals surface area contributed by atoms with Crippen LogP contribution in [0, 0.1) is 0 Å². The van der Waals surface area contributed by atoms with E-state index in [2.05, 4.69) is 24.4 Å². The molecule has 9 heteroatoms. The highest BCUT2D eigenvalue weighted by Crippen LogP contribution is 2.41. The Morgan fingerprint density at radius 1 is 1.10 bits per heavy atom. The second kappa shape index (κ2) is 13.3. The number of nitrogens with zero attached hydrogens (tertiary/aromatic N) is 3. The number of hydrogen-bond acceptors (Lipinski definition) is 5. The molecule has 1 aliphatic carbocycles. The number of benzene rings is 2. The lowest BCUT2D eigenvalue weighted by Gasteiger charge is -2.45. The number of methoxy groups -OCH3 is 1. The maximum Gasteiger partial charge on any atom is 0.275 e. The number of amides is 1. The number of nitrogens with one attached hydrogen (secondary N) is 1. The number of rotatable bonds is 7. The number of ether oxygens (including phenoxy) is 1. The maximum absolute atomic E-state index is 14.3. The first-order chi connectivity index (χ1) is 18.0. The number of halogens is 2. The van der Waals surface area contributed by atoms with Gasteiger partial charge in [0, 0.05) is 32.3 Å². The van der Waals surface area contributed by atoms with Crippen LogP contribution in [-0.4, -0.2) is 70.0 Å². The van der Waals surface area contributed by atoms with E-state index < -0.39 is 11.1 Å². The van der Waals surface area contributed by atoms with Crippen LogP contribution in [0.3, 0.4) is 0 Å². The summed E-state index contributed by atoms with van der Waals surface area (Å²) in [6.45, 7) is 4.47. The van der Waals surface area contributed by atoms with E-state index in [4.69, 9.17) is 9.72 Å². The minimum Gasteiger partial charge on any atom is -0.385 e. The number of carbonyl (C=O) groups is 1. The summed E-state index contributed by atoms with van der Waals surface area (Å²) in [5.74, 6) is -0.0661. The molecule has 7 nitrogen and oxygen atoms in total. The van der Waals surface area contributed by atoms with Crippen LogP contribution in [0.1, 0.15) is 54.7 Å². The van der Waals surface area contributed by atoms with E-state index >= 15 is 0 Å². The summed E-state index contributed by atoms with van der Waals surface area (Å²) in [4.78, 5) is 21.1. The molecule has 2 heterocycles. The van der Waals surface area contributed by atoms with Crippen molar-refractivity contribution in [2.24, 2.45) is 0 Å². The third-order valence-electron chi connectivity index (χ3n) is 8.07. The Morgan fingerprint density at radius 3 is 2.49 bits per heavy atom. The van der Waals surface area contributed by atoms with Crippen molar-refractivity contribution in [3.63, 3.8) is 0 Å². The van der Waals surface area contributed by atoms with Gasteiger partial charge in [0.05, 0.1) is 30.2 Å². The highest BCUT2D eigenvalue weighted by molar-refractivity contribution is 5.99. The van der Waals surface area contributed by atoms with Crippen LogP contribution in [0.4, 0.5) is 0 Å². The number of aliphatic hydroxyl groups is 1. The first-order valence-electron chi connectivity index (χ1n) is 13.4. The fourth-order valence-electron chi connectivity index (χ4n) is 6.24. The van der Waals surface area contributed by atoms with Gasteiger partial charge in [0.2, 0.25) is 0 Å². The van der Waals surface area contributed by atoms with Gasteiger partial charge in [-0.2, -0.15) is 0 Å². The Bertz CT molecular complexity index is 1210. The molecular weight excluding hydrogens is 535 g/mol. The Morgan fingerprint density at radius 2 is 1.79 bits per heavy atom. The Balaban J connectivity index is 0.00000210. The molecule has 0 unspecified atom stereocenters. The molecule has 1 amide bonds. The molecule has 1 aliphatic heterocycles. The van der Waals surface area contributed by atoms with Crippen molar-refractivity contribution in [1.29, 1.82) is 0 Å². The van der Waals surface area contributed by atoms with E-state index in [1.807, 2.05) is 58.0 Å². The van der Waals surface area contributed by atoms with Crippen molar-refractivity contribution < 1.29 is 14.6 Å². The largest absolute Gasteiger partial charge is 0.385 e. The molecule has 1 aromatic heterocycles. The monoisotopic (exact) mass is 574 g/mol. The Hall–Kier alpha value is -2.42. The highest BCUT2D eigenvalue weighted by Gasteiger charge is 2.44. The Kier molecular flexibility index (Phi) is 10.6. The fourth-order valence-corrected chi connectivity index (χ4v) is 6.24. The van der Waals surface area contributed by atoms with Crippen molar-refractivity contribution in [2.45, 2.75) is 56.2 Å². The number of aromatic nitrogens is 2. The normalized spacial score (nSPS) is 24.9. The van der Waals surface area contributed by atoms with E-state index in [-0.39, 0.29) is 43.4 Å². The van der Waals surface area contributed by atoms with Gasteiger partial charge in [0.1, 0.15) is 5.60 Å². The molecule has 1 saturated heterocycles. The van der Waals surface area contributed by atoms with Crippen LogP contribution >= 0.6 is 24.8 Å². The molecular formula is C30H40Cl2N4O3. The minimum atomic E-state index is -1.01. The first kappa shape index (κ1) is 31.1. The SMILES string of the molecule is COC[C@]1(O)CCCC[C@H]1n1cnc(C(=O)N2CCNC[C@@]2(C)Cc2ccccc2)c1-c1ccccc1.Cl.Cl. The third-order valence-corrected chi connectivity index (χ3v) is 8.07. The van der Waals surface area contributed by atoms with Crippen molar-refractivity contribution in [3.8, 4) is 11.3 Å². The summed E-state index contributed by atoms with van der Waals surface area (Å²) in [7, 11) is 1.63. The molecule has 2 aromatic carbocycles. The minimum absolute atomic E-state index is 0. The van der Waals surface area contributed by atoms with E-state index in [1.165, 1.54) is 5.56 Å². The molecule has 2 N–H and O–H groups in total. The first-order valence-corrected chi connectivity index (χ1v) is 13.4. The van der Waals surface area contributed by atoms with Gasteiger partial charge in [-0.15, -0.1) is 24.8 Å². The van der Waals surface area contributed by atoms with Gasteiger partial charge >= 0.3 is 0 Å². The quantitative estimate of drug-likeness (QED) is 0.418. The third kappa shape index (κ3) is 6.34. The van der Waals surface area contributed by atoms with Crippen molar-refractivity contribution in [2.75, 3.05) is 33.4 Å². The lowest BCUT2D eigenvalue weighted by atomic mass is 9.80. The zero-order valence-electron chi connectivity index (χ0n) is 22.7. The van der Waals surface area contributed by atoms with Gasteiger partial charge in [-0.05, 0) is 31.7 Å². The number of hydrogen-bond donors (Lipinski definition) is 2. The molecule has 0 radical (unpaired) electrons. The van der Waals surface area contributed by atoms with Gasteiger partial charge in [-0.25, -0.2) is 4.98 Å². The lowest BCUT2D eigenvalue weighted by molar-refractivity contribution is -0.0893. The van der Waals surface area contributed by atoms with Crippen molar-refractivity contribution >= 4 is 30.7 Å². The van der Waals surface area contributed by atoms with Crippen LogP contribution in [0.2, 0.25) is 0 Å². The summed E-state index contributed by atoms with van der Waals surface area (Å²) >= 11 is 0. The predicted molar refractivity (Wildman–Crippen MR) is 159 cm³/mol. The molecule has 3 aromatic rings. The smallest absolute Gasteiger partial charge is 0.275 e. The van der Waals surface area contributed by atoms with Crippen LogP contribution in [0.15, 0.2) is 67.0 Å². The zero-order valence-corrected chi connectivity index (χ0v) is 24.3. The van der Waals surface area contributed by atoms with E-state index in [0.29, 0.717) is 25.2 Å². The van der Waals surface area contributed by atoms with Gasteiger partial charge < -0.3 is 24.6 Å². The number of carbonyl (C=O) groups excluding carboxylic acids is 1. The maximum atomic E-state index is 14.3. The molecule has 2 aliphatic rings. The summed E-state index contributed by atoms with van der Waals surface area (Å²) in [6.07, 6.45) is 5.94. The fraction of sp³-hybridized carbons (Fsp3) is 0.467. The second-order valence-electron chi connectivity index (χ2n) is 10.8. The average molecular weight is 576 g/mol. The molecule has 39 heavy (non-hydrogen) atoms. The second-order valence-corrected chi connectivity index (χ2v) is 10.8. The summed E-state index contributed by atoms with van der Waals surface area (Å²) < 4.78 is 7.49. The number of imidazole rings is 1. The standard InChI is InChI=1S/C30H38N4O3.2ClH/c1-29(19-23-11-5-3-6-12-23)20-31-17-18-34(29)28(35)26-27(24-13-7-4-8-14-24)33(22-32-26)25-15-9-10-16-30(25,36)21-37-2;;/h3-8,11-14,22,25,31,36H,9-10,15-21H2,1-2H3;2*1H/t25-,29-,30-;;/m1../s1. The van der Waals surface area contributed by atoms with Crippen LogP contribution in [-0.2, 0) is 11.2 Å². The molecule has 0 spiro atoms. The van der Waals surface area contributed by atoms with Crippen LogP contribution < -0.4 is 5.32 Å². The summed E-state index contributed by atoms with van der Waals surface area (Å²) in [5, 5.41) is 15.1. The van der Waals surface area contributed by atoms with E-state index in [0.717, 1.165) is 43.5 Å². The highest BCUT2D eigenvalue weighted by atomic mass is 35.5. The van der Waals surface area contributed by atoms with Crippen molar-refractivity contribution in [1.82, 2.24) is 19.8 Å². The molecule has 2 fully saturated rings. The molecule has 1 saturated carbocycles. The molecule has 5 rings (SSSR count). The van der Waals surface area contributed by atoms with E-state index in [1.54, 1.807) is 13.4 Å². The van der Waals surface area contributed by atoms with Gasteiger partial charge in [0.25, 0.3) is 5.91 Å². The van der Waals surface area contributed by atoms with Crippen LogP contribution in [0.5, 0.6) is 0 Å². The van der Waals surface area contributed by atoms with Gasteiger partial charge in [-0.3, -0.25) is 4.79 Å². The van der Waals surface area contributed by atoms with E-state index in [9.17, 15) is 9.90 Å². The Labute approximate surface area is 243 Å². The molecule has 3 atom stereocenters. The van der Waals surface area contributed by atoms with Gasteiger partial charge in [-0.1, -0.05) is 73.5 Å².